The Labute approximate surface area is 72.6 Å². The summed E-state index contributed by atoms with van der Waals surface area (Å²) in [6.07, 6.45) is 7.88. The molecule has 0 amide bonds. The third-order valence-electron chi connectivity index (χ3n) is 1.69. The number of aromatic nitrogens is 2. The summed E-state index contributed by atoms with van der Waals surface area (Å²) in [6.45, 7) is 3.69. The fourth-order valence-electron chi connectivity index (χ4n) is 1.04. The fourth-order valence-corrected chi connectivity index (χ4v) is 1.04. The second kappa shape index (κ2) is 4.62. The Morgan fingerprint density at radius 1 is 1.67 bits per heavy atom. The lowest BCUT2D eigenvalue weighted by molar-refractivity contribution is 0.584. The molecule has 1 N–H and O–H groups in total. The van der Waals surface area contributed by atoms with Gasteiger partial charge in [-0.3, -0.25) is 9.97 Å². The van der Waals surface area contributed by atoms with Crippen molar-refractivity contribution < 1.29 is 0 Å². The van der Waals surface area contributed by atoms with Crippen molar-refractivity contribution in [1.82, 2.24) is 15.3 Å². The normalized spacial score (nSPS) is 12.4. The molecule has 0 spiro atoms. The van der Waals surface area contributed by atoms with Gasteiger partial charge < -0.3 is 5.32 Å². The van der Waals surface area contributed by atoms with E-state index >= 15 is 0 Å². The third-order valence-corrected chi connectivity index (χ3v) is 1.69. The molecule has 1 heterocycles. The van der Waals surface area contributed by atoms with Gasteiger partial charge in [-0.2, -0.15) is 0 Å². The Morgan fingerprint density at radius 3 is 3.00 bits per heavy atom. The quantitative estimate of drug-likeness (QED) is 0.680. The summed E-state index contributed by atoms with van der Waals surface area (Å²) in [6, 6.07) is 0.233. The van der Waals surface area contributed by atoms with E-state index in [2.05, 4.69) is 21.9 Å². The van der Waals surface area contributed by atoms with Gasteiger partial charge in [0, 0.05) is 18.6 Å². The van der Waals surface area contributed by atoms with Crippen LogP contribution in [0.5, 0.6) is 0 Å². The van der Waals surface area contributed by atoms with Gasteiger partial charge in [0.1, 0.15) is 0 Å². The minimum absolute atomic E-state index is 0.233. The van der Waals surface area contributed by atoms with Crippen molar-refractivity contribution in [3.8, 4) is 0 Å². The van der Waals surface area contributed by atoms with E-state index in [1.54, 1.807) is 18.6 Å². The number of hydrogen-bond acceptors (Lipinski definition) is 3. The molecule has 0 bridgehead atoms. The topological polar surface area (TPSA) is 37.8 Å². The summed E-state index contributed by atoms with van der Waals surface area (Å²) in [7, 11) is 1.91. The van der Waals surface area contributed by atoms with E-state index < -0.39 is 0 Å². The lowest BCUT2D eigenvalue weighted by Gasteiger charge is -2.11. The number of nitrogens with one attached hydrogen (secondary N) is 1. The Hall–Kier alpha value is -1.22. The molecule has 3 heteroatoms. The van der Waals surface area contributed by atoms with Crippen molar-refractivity contribution in [3.63, 3.8) is 0 Å². The predicted molar refractivity (Wildman–Crippen MR) is 48.6 cm³/mol. The first-order valence-electron chi connectivity index (χ1n) is 3.92. The number of hydrogen-bond donors (Lipinski definition) is 1. The third kappa shape index (κ3) is 2.13. The Morgan fingerprint density at radius 2 is 2.50 bits per heavy atom. The molecule has 3 nitrogen and oxygen atoms in total. The molecule has 0 saturated heterocycles. The molecule has 12 heavy (non-hydrogen) atoms. The molecular weight excluding hydrogens is 150 g/mol. The molecule has 0 aliphatic heterocycles. The van der Waals surface area contributed by atoms with E-state index in [1.165, 1.54) is 0 Å². The average Bonchev–Trinajstić information content (AvgIpc) is 2.15. The minimum atomic E-state index is 0.233. The van der Waals surface area contributed by atoms with Crippen LogP contribution in [0.25, 0.3) is 0 Å². The zero-order chi connectivity index (χ0) is 8.81. The molecule has 0 aromatic carbocycles. The van der Waals surface area contributed by atoms with Gasteiger partial charge in [0.15, 0.2) is 0 Å². The Kier molecular flexibility index (Phi) is 3.41. The van der Waals surface area contributed by atoms with E-state index in [1.807, 2.05) is 13.1 Å². The smallest absolute Gasteiger partial charge is 0.0759 e. The Bertz CT molecular complexity index is 233. The number of nitrogens with zero attached hydrogens (tertiary/aromatic N) is 2. The van der Waals surface area contributed by atoms with Crippen molar-refractivity contribution in [2.45, 2.75) is 12.5 Å². The minimum Gasteiger partial charge on any atom is -0.311 e. The lowest BCUT2D eigenvalue weighted by Crippen LogP contribution is -2.16. The summed E-state index contributed by atoms with van der Waals surface area (Å²) in [5, 5.41) is 3.15. The first-order chi connectivity index (χ1) is 5.88. The van der Waals surface area contributed by atoms with Crippen LogP contribution in [-0.2, 0) is 0 Å². The summed E-state index contributed by atoms with van der Waals surface area (Å²) >= 11 is 0. The highest BCUT2D eigenvalue weighted by Gasteiger charge is 2.06. The molecule has 1 aromatic rings. The second-order valence-corrected chi connectivity index (χ2v) is 2.50. The second-order valence-electron chi connectivity index (χ2n) is 2.50. The van der Waals surface area contributed by atoms with Gasteiger partial charge in [0.25, 0.3) is 0 Å². The maximum Gasteiger partial charge on any atom is 0.0759 e. The molecule has 1 atom stereocenters. The highest BCUT2D eigenvalue weighted by molar-refractivity contribution is 5.03. The maximum atomic E-state index is 4.20. The van der Waals surface area contributed by atoms with Crippen LogP contribution < -0.4 is 5.32 Å². The summed E-state index contributed by atoms with van der Waals surface area (Å²) in [5.74, 6) is 0. The molecule has 0 aliphatic carbocycles. The maximum absolute atomic E-state index is 4.20. The monoisotopic (exact) mass is 163 g/mol. The van der Waals surface area contributed by atoms with E-state index in [0.29, 0.717) is 0 Å². The van der Waals surface area contributed by atoms with Crippen LogP contribution >= 0.6 is 0 Å². The van der Waals surface area contributed by atoms with Crippen molar-refractivity contribution in [1.29, 1.82) is 0 Å². The van der Waals surface area contributed by atoms with Gasteiger partial charge in [-0.25, -0.2) is 0 Å². The van der Waals surface area contributed by atoms with Crippen molar-refractivity contribution in [3.05, 3.63) is 36.9 Å². The zero-order valence-corrected chi connectivity index (χ0v) is 7.20. The van der Waals surface area contributed by atoms with Crippen LogP contribution in [0.4, 0.5) is 0 Å². The van der Waals surface area contributed by atoms with Crippen molar-refractivity contribution in [2.75, 3.05) is 7.05 Å². The van der Waals surface area contributed by atoms with E-state index in [-0.39, 0.29) is 6.04 Å². The molecule has 64 valence electrons. The zero-order valence-electron chi connectivity index (χ0n) is 7.20. The largest absolute Gasteiger partial charge is 0.311 e. The highest BCUT2D eigenvalue weighted by Crippen LogP contribution is 2.11. The van der Waals surface area contributed by atoms with Crippen molar-refractivity contribution in [2.24, 2.45) is 0 Å². The standard InChI is InChI=1S/C9H13N3/c1-3-4-8(10-2)9-7-11-5-6-12-9/h3,5-8,10H,1,4H2,2H3. The van der Waals surface area contributed by atoms with Crippen LogP contribution in [0.3, 0.4) is 0 Å². The first kappa shape index (κ1) is 8.87. The highest BCUT2D eigenvalue weighted by atomic mass is 14.9. The van der Waals surface area contributed by atoms with Gasteiger partial charge in [0.05, 0.1) is 11.7 Å². The Balaban J connectivity index is 2.72. The molecule has 1 unspecified atom stereocenters. The van der Waals surface area contributed by atoms with Crippen LogP contribution in [0.2, 0.25) is 0 Å². The van der Waals surface area contributed by atoms with Crippen molar-refractivity contribution >= 4 is 0 Å². The lowest BCUT2D eigenvalue weighted by atomic mass is 10.1. The van der Waals surface area contributed by atoms with Gasteiger partial charge in [-0.05, 0) is 13.5 Å². The molecule has 0 saturated carbocycles. The molecule has 1 rings (SSSR count). The van der Waals surface area contributed by atoms with Crippen LogP contribution in [0, 0.1) is 0 Å². The predicted octanol–water partition coefficient (Wildman–Crippen LogP) is 1.31. The fraction of sp³-hybridized carbons (Fsp3) is 0.333. The van der Waals surface area contributed by atoms with Crippen LogP contribution in [-0.4, -0.2) is 17.0 Å². The first-order valence-corrected chi connectivity index (χ1v) is 3.92. The summed E-state index contributed by atoms with van der Waals surface area (Å²) < 4.78 is 0. The van der Waals surface area contributed by atoms with Crippen LogP contribution in [0.15, 0.2) is 31.2 Å². The summed E-state index contributed by atoms with van der Waals surface area (Å²) in [5.41, 5.74) is 0.958. The van der Waals surface area contributed by atoms with E-state index in [9.17, 15) is 0 Å². The van der Waals surface area contributed by atoms with Gasteiger partial charge >= 0.3 is 0 Å². The van der Waals surface area contributed by atoms with Gasteiger partial charge in [-0.1, -0.05) is 6.08 Å². The molecule has 0 fully saturated rings. The van der Waals surface area contributed by atoms with Crippen LogP contribution in [0.1, 0.15) is 18.2 Å². The molecule has 0 aliphatic rings. The molecule has 1 aromatic heterocycles. The van der Waals surface area contributed by atoms with Gasteiger partial charge in [0.2, 0.25) is 0 Å². The number of rotatable bonds is 4. The molecular formula is C9H13N3. The average molecular weight is 163 g/mol. The molecule has 0 radical (unpaired) electrons. The van der Waals surface area contributed by atoms with E-state index in [0.717, 1.165) is 12.1 Å². The van der Waals surface area contributed by atoms with Gasteiger partial charge in [-0.15, -0.1) is 6.58 Å². The SMILES string of the molecule is C=CCC(NC)c1cnccn1. The van der Waals surface area contributed by atoms with E-state index in [4.69, 9.17) is 0 Å². The summed E-state index contributed by atoms with van der Waals surface area (Å²) in [4.78, 5) is 8.19.